The first-order valence-electron chi connectivity index (χ1n) is 6.56. The maximum atomic E-state index is 13.8. The Morgan fingerprint density at radius 1 is 1.14 bits per heavy atom. The predicted molar refractivity (Wildman–Crippen MR) is 81.4 cm³/mol. The Bertz CT molecular complexity index is 762. The Kier molecular flexibility index (Phi) is 4.87. The van der Waals surface area contributed by atoms with Crippen LogP contribution in [0.5, 0.6) is 11.5 Å². The maximum Gasteiger partial charge on any atom is 0.262 e. The predicted octanol–water partition coefficient (Wildman–Crippen LogP) is 3.03. The van der Waals surface area contributed by atoms with Gasteiger partial charge in [0.2, 0.25) is 0 Å². The van der Waals surface area contributed by atoms with Crippen molar-refractivity contribution in [1.29, 1.82) is 0 Å². The van der Waals surface area contributed by atoms with Crippen LogP contribution in [0.25, 0.3) is 0 Å². The topological polar surface area (TPSA) is 64.6 Å². The van der Waals surface area contributed by atoms with Crippen LogP contribution in [0.2, 0.25) is 0 Å². The molecule has 0 saturated carbocycles. The number of benzene rings is 2. The largest absolute Gasteiger partial charge is 0.495 e. The number of para-hydroxylation sites is 2. The second-order valence-electron chi connectivity index (χ2n) is 4.33. The molecule has 2 aromatic carbocycles. The Morgan fingerprint density at radius 2 is 1.86 bits per heavy atom. The molecule has 0 fully saturated rings. The number of sulfonamides is 1. The molecule has 0 aliphatic rings. The van der Waals surface area contributed by atoms with Crippen LogP contribution in [-0.2, 0) is 10.0 Å². The van der Waals surface area contributed by atoms with Gasteiger partial charge in [-0.25, -0.2) is 12.8 Å². The van der Waals surface area contributed by atoms with Crippen LogP contribution in [0.4, 0.5) is 10.1 Å². The van der Waals surface area contributed by atoms with Gasteiger partial charge in [0.25, 0.3) is 10.0 Å². The first-order chi connectivity index (χ1) is 10.5. The van der Waals surface area contributed by atoms with Gasteiger partial charge in [0.15, 0.2) is 11.6 Å². The van der Waals surface area contributed by atoms with Crippen LogP contribution < -0.4 is 14.2 Å². The lowest BCUT2D eigenvalue weighted by Crippen LogP contribution is -2.14. The van der Waals surface area contributed by atoms with E-state index in [1.54, 1.807) is 31.2 Å². The highest BCUT2D eigenvalue weighted by Crippen LogP contribution is 2.27. The SMILES string of the molecule is CCOc1ccc(S(=O)(=O)Nc2ccccc2OC)cc1F. The molecule has 0 bridgehead atoms. The second-order valence-corrected chi connectivity index (χ2v) is 6.01. The van der Waals surface area contributed by atoms with Crippen molar-refractivity contribution in [1.82, 2.24) is 0 Å². The van der Waals surface area contributed by atoms with E-state index in [1.807, 2.05) is 0 Å². The van der Waals surface area contributed by atoms with Crippen molar-refractivity contribution in [3.05, 3.63) is 48.3 Å². The fourth-order valence-electron chi connectivity index (χ4n) is 1.85. The van der Waals surface area contributed by atoms with E-state index in [9.17, 15) is 12.8 Å². The van der Waals surface area contributed by atoms with E-state index in [2.05, 4.69) is 4.72 Å². The number of nitrogens with one attached hydrogen (secondary N) is 1. The lowest BCUT2D eigenvalue weighted by molar-refractivity contribution is 0.321. The minimum atomic E-state index is -3.93. The first kappa shape index (κ1) is 16.1. The molecule has 0 aliphatic carbocycles. The highest BCUT2D eigenvalue weighted by atomic mass is 32.2. The molecule has 22 heavy (non-hydrogen) atoms. The van der Waals surface area contributed by atoms with E-state index >= 15 is 0 Å². The van der Waals surface area contributed by atoms with Crippen LogP contribution in [0.15, 0.2) is 47.4 Å². The minimum absolute atomic E-state index is 0.0127. The molecule has 0 amide bonds. The van der Waals surface area contributed by atoms with Gasteiger partial charge in [0.05, 0.1) is 24.3 Å². The van der Waals surface area contributed by atoms with Crippen molar-refractivity contribution < 1.29 is 22.3 Å². The lowest BCUT2D eigenvalue weighted by Gasteiger charge is -2.12. The molecule has 0 aliphatic heterocycles. The van der Waals surface area contributed by atoms with Crippen LogP contribution in [0.3, 0.4) is 0 Å². The summed E-state index contributed by atoms with van der Waals surface area (Å²) >= 11 is 0. The van der Waals surface area contributed by atoms with Crippen LogP contribution in [-0.4, -0.2) is 22.1 Å². The molecule has 0 aromatic heterocycles. The average Bonchev–Trinajstić information content (AvgIpc) is 2.49. The molecule has 2 rings (SSSR count). The fourth-order valence-corrected chi connectivity index (χ4v) is 2.94. The van der Waals surface area contributed by atoms with E-state index in [1.165, 1.54) is 19.2 Å². The molecular formula is C15H16FNO4S. The van der Waals surface area contributed by atoms with Crippen molar-refractivity contribution in [2.75, 3.05) is 18.4 Å². The van der Waals surface area contributed by atoms with E-state index in [-0.39, 0.29) is 16.3 Å². The van der Waals surface area contributed by atoms with E-state index in [0.717, 1.165) is 6.07 Å². The summed E-state index contributed by atoms with van der Waals surface area (Å²) in [6, 6.07) is 10.1. The Labute approximate surface area is 128 Å². The Hall–Kier alpha value is -2.28. The summed E-state index contributed by atoms with van der Waals surface area (Å²) < 4.78 is 50.9. The molecular weight excluding hydrogens is 309 g/mol. The summed E-state index contributed by atoms with van der Waals surface area (Å²) in [5.41, 5.74) is 0.277. The van der Waals surface area contributed by atoms with E-state index in [0.29, 0.717) is 12.4 Å². The molecule has 0 radical (unpaired) electrons. The highest BCUT2D eigenvalue weighted by molar-refractivity contribution is 7.92. The molecule has 0 spiro atoms. The summed E-state index contributed by atoms with van der Waals surface area (Å²) in [7, 11) is -2.49. The third kappa shape index (κ3) is 3.48. The molecule has 2 aromatic rings. The van der Waals surface area contributed by atoms with Gasteiger partial charge in [-0.05, 0) is 37.3 Å². The van der Waals surface area contributed by atoms with Crippen molar-refractivity contribution in [2.45, 2.75) is 11.8 Å². The molecule has 0 unspecified atom stereocenters. The van der Waals surface area contributed by atoms with Gasteiger partial charge < -0.3 is 9.47 Å². The van der Waals surface area contributed by atoms with Gasteiger partial charge in [-0.3, -0.25) is 4.72 Å². The quantitative estimate of drug-likeness (QED) is 0.886. The lowest BCUT2D eigenvalue weighted by atomic mass is 10.3. The molecule has 5 nitrogen and oxygen atoms in total. The first-order valence-corrected chi connectivity index (χ1v) is 8.04. The summed E-state index contributed by atoms with van der Waals surface area (Å²) in [5.74, 6) is -0.346. The van der Waals surface area contributed by atoms with Crippen LogP contribution in [0.1, 0.15) is 6.92 Å². The number of hydrogen-bond acceptors (Lipinski definition) is 4. The summed E-state index contributed by atoms with van der Waals surface area (Å²) in [4.78, 5) is -0.195. The third-order valence-corrected chi connectivity index (χ3v) is 4.23. The summed E-state index contributed by atoms with van der Waals surface area (Å²) in [5, 5.41) is 0. The molecule has 1 N–H and O–H groups in total. The number of ether oxygens (including phenoxy) is 2. The normalized spacial score (nSPS) is 11.0. The van der Waals surface area contributed by atoms with Gasteiger partial charge in [-0.15, -0.1) is 0 Å². The van der Waals surface area contributed by atoms with Gasteiger partial charge in [-0.1, -0.05) is 12.1 Å². The van der Waals surface area contributed by atoms with Gasteiger partial charge >= 0.3 is 0 Å². The smallest absolute Gasteiger partial charge is 0.262 e. The van der Waals surface area contributed by atoms with Crippen LogP contribution >= 0.6 is 0 Å². The van der Waals surface area contributed by atoms with Gasteiger partial charge in [0.1, 0.15) is 5.75 Å². The van der Waals surface area contributed by atoms with Gasteiger partial charge in [0, 0.05) is 0 Å². The van der Waals surface area contributed by atoms with Crippen molar-refractivity contribution in [2.24, 2.45) is 0 Å². The van der Waals surface area contributed by atoms with Crippen molar-refractivity contribution in [3.8, 4) is 11.5 Å². The molecule has 0 heterocycles. The average molecular weight is 325 g/mol. The number of methoxy groups -OCH3 is 1. The maximum absolute atomic E-state index is 13.8. The minimum Gasteiger partial charge on any atom is -0.495 e. The third-order valence-electron chi connectivity index (χ3n) is 2.86. The number of hydrogen-bond donors (Lipinski definition) is 1. The van der Waals surface area contributed by atoms with E-state index in [4.69, 9.17) is 9.47 Å². The molecule has 0 atom stereocenters. The zero-order valence-corrected chi connectivity index (χ0v) is 13.0. The summed E-state index contributed by atoms with van der Waals surface area (Å²) in [6.45, 7) is 2.01. The van der Waals surface area contributed by atoms with Crippen molar-refractivity contribution in [3.63, 3.8) is 0 Å². The number of anilines is 1. The molecule has 7 heteroatoms. The Balaban J connectivity index is 2.32. The zero-order chi connectivity index (χ0) is 16.2. The van der Waals surface area contributed by atoms with E-state index < -0.39 is 15.8 Å². The highest BCUT2D eigenvalue weighted by Gasteiger charge is 2.18. The van der Waals surface area contributed by atoms with Crippen LogP contribution in [0, 0.1) is 5.82 Å². The number of rotatable bonds is 6. The number of halogens is 1. The monoisotopic (exact) mass is 325 g/mol. The summed E-state index contributed by atoms with van der Waals surface area (Å²) in [6.07, 6.45) is 0. The fraction of sp³-hybridized carbons (Fsp3) is 0.200. The molecule has 118 valence electrons. The van der Waals surface area contributed by atoms with Crippen molar-refractivity contribution >= 4 is 15.7 Å². The molecule has 0 saturated heterocycles. The van der Waals surface area contributed by atoms with Gasteiger partial charge in [-0.2, -0.15) is 0 Å². The standard InChI is InChI=1S/C15H16FNO4S/c1-3-21-14-9-8-11(10-12(14)16)22(18,19)17-13-6-4-5-7-15(13)20-2/h4-10,17H,3H2,1-2H3. The Morgan fingerprint density at radius 3 is 2.50 bits per heavy atom. The second kappa shape index (κ2) is 6.65. The zero-order valence-electron chi connectivity index (χ0n) is 12.2.